The molecule has 1 saturated heterocycles. The summed E-state index contributed by atoms with van der Waals surface area (Å²) in [6.07, 6.45) is 5.78. The third-order valence-electron chi connectivity index (χ3n) is 4.15. The van der Waals surface area contributed by atoms with Gasteiger partial charge in [0.05, 0.1) is 34.3 Å². The molecular formula is C20H35N2O4+. The Morgan fingerprint density at radius 1 is 1.15 bits per heavy atom. The molecular weight excluding hydrogens is 332 g/mol. The van der Waals surface area contributed by atoms with E-state index < -0.39 is 12.3 Å². The number of unbranched alkanes of at least 4 members (excludes halogenated alkanes) is 5. The standard InChI is InChI=1S/C20H35N2O4/c1-5-6-7-8-9-12-17-25-20(24)26-18-13-15-21(19(18)23)14-10-11-16-22(2,3)4/h18H,5-9,12-17H2,1-4H3/q+1/t18-/m1/s1. The lowest BCUT2D eigenvalue weighted by molar-refractivity contribution is -0.862. The Bertz CT molecular complexity index is 502. The van der Waals surface area contributed by atoms with Gasteiger partial charge in [0.1, 0.15) is 6.54 Å². The predicted molar refractivity (Wildman–Crippen MR) is 101 cm³/mol. The monoisotopic (exact) mass is 367 g/mol. The molecule has 26 heavy (non-hydrogen) atoms. The van der Waals surface area contributed by atoms with Crippen molar-refractivity contribution in [3.63, 3.8) is 0 Å². The second-order valence-corrected chi connectivity index (χ2v) is 7.82. The first kappa shape index (κ1) is 22.3. The van der Waals surface area contributed by atoms with Crippen molar-refractivity contribution in [3.8, 4) is 11.8 Å². The summed E-state index contributed by atoms with van der Waals surface area (Å²) in [5.41, 5.74) is 0. The molecule has 0 aromatic rings. The van der Waals surface area contributed by atoms with Gasteiger partial charge in [-0.25, -0.2) is 4.79 Å². The summed E-state index contributed by atoms with van der Waals surface area (Å²) >= 11 is 0. The molecule has 148 valence electrons. The van der Waals surface area contributed by atoms with Crippen LogP contribution >= 0.6 is 0 Å². The number of hydrogen-bond acceptors (Lipinski definition) is 4. The van der Waals surface area contributed by atoms with E-state index >= 15 is 0 Å². The van der Waals surface area contributed by atoms with Crippen LogP contribution in [-0.4, -0.2) is 74.9 Å². The Morgan fingerprint density at radius 2 is 1.85 bits per heavy atom. The summed E-state index contributed by atoms with van der Waals surface area (Å²) in [7, 11) is 6.20. The van der Waals surface area contributed by atoms with Crippen LogP contribution in [0.5, 0.6) is 0 Å². The van der Waals surface area contributed by atoms with Crippen LogP contribution in [0.3, 0.4) is 0 Å². The Morgan fingerprint density at radius 3 is 2.54 bits per heavy atom. The summed E-state index contributed by atoms with van der Waals surface area (Å²) in [6, 6.07) is 0. The number of rotatable bonds is 10. The fourth-order valence-electron chi connectivity index (χ4n) is 2.61. The number of amides is 1. The van der Waals surface area contributed by atoms with Gasteiger partial charge in [-0.2, -0.15) is 0 Å². The largest absolute Gasteiger partial charge is 0.509 e. The van der Waals surface area contributed by atoms with Gasteiger partial charge < -0.3 is 18.9 Å². The molecule has 0 bridgehead atoms. The van der Waals surface area contributed by atoms with E-state index in [0.717, 1.165) is 30.3 Å². The first-order chi connectivity index (χ1) is 12.3. The van der Waals surface area contributed by atoms with Crippen molar-refractivity contribution < 1.29 is 23.5 Å². The van der Waals surface area contributed by atoms with Crippen LogP contribution in [0, 0.1) is 11.8 Å². The number of quaternary nitrogens is 1. The molecule has 1 aliphatic heterocycles. The molecule has 0 saturated carbocycles. The number of ether oxygens (including phenoxy) is 2. The molecule has 0 unspecified atom stereocenters. The maximum absolute atomic E-state index is 12.2. The zero-order valence-corrected chi connectivity index (χ0v) is 16.9. The summed E-state index contributed by atoms with van der Waals surface area (Å²) in [5, 5.41) is 0. The van der Waals surface area contributed by atoms with Gasteiger partial charge in [0.25, 0.3) is 5.91 Å². The molecule has 6 heteroatoms. The molecule has 0 aliphatic carbocycles. The van der Waals surface area contributed by atoms with Crippen LogP contribution < -0.4 is 0 Å². The minimum Gasteiger partial charge on any atom is -0.434 e. The lowest BCUT2D eigenvalue weighted by Crippen LogP contribution is -2.35. The molecule has 0 spiro atoms. The van der Waals surface area contributed by atoms with E-state index in [1.165, 1.54) is 19.3 Å². The van der Waals surface area contributed by atoms with Gasteiger partial charge >= 0.3 is 6.16 Å². The maximum atomic E-state index is 12.2. The average Bonchev–Trinajstić information content (AvgIpc) is 2.90. The van der Waals surface area contributed by atoms with Gasteiger partial charge in [-0.15, -0.1) is 0 Å². The number of nitrogens with zero attached hydrogens (tertiary/aromatic N) is 2. The highest BCUT2D eigenvalue weighted by Gasteiger charge is 2.34. The first-order valence-electron chi connectivity index (χ1n) is 9.72. The summed E-state index contributed by atoms with van der Waals surface area (Å²) in [5.74, 6) is 5.92. The van der Waals surface area contributed by atoms with Crippen LogP contribution in [0.25, 0.3) is 0 Å². The third-order valence-corrected chi connectivity index (χ3v) is 4.15. The van der Waals surface area contributed by atoms with Crippen LogP contribution in [0.15, 0.2) is 0 Å². The summed E-state index contributed by atoms with van der Waals surface area (Å²) in [6.45, 7) is 4.21. The number of hydrogen-bond donors (Lipinski definition) is 0. The molecule has 1 atom stereocenters. The van der Waals surface area contributed by atoms with Crippen molar-refractivity contribution in [2.75, 3.05) is 47.4 Å². The van der Waals surface area contributed by atoms with Crippen LogP contribution in [0.1, 0.15) is 51.9 Å². The van der Waals surface area contributed by atoms with Gasteiger partial charge in [-0.3, -0.25) is 4.79 Å². The van der Waals surface area contributed by atoms with Gasteiger partial charge in [-0.05, 0) is 12.3 Å². The van der Waals surface area contributed by atoms with Crippen molar-refractivity contribution in [1.29, 1.82) is 0 Å². The maximum Gasteiger partial charge on any atom is 0.509 e. The highest BCUT2D eigenvalue weighted by molar-refractivity contribution is 5.85. The third kappa shape index (κ3) is 9.67. The van der Waals surface area contributed by atoms with E-state index in [1.54, 1.807) is 4.90 Å². The van der Waals surface area contributed by atoms with E-state index in [-0.39, 0.29) is 5.91 Å². The summed E-state index contributed by atoms with van der Waals surface area (Å²) in [4.78, 5) is 25.6. The molecule has 0 N–H and O–H groups in total. The van der Waals surface area contributed by atoms with Gasteiger partial charge in [0.2, 0.25) is 0 Å². The van der Waals surface area contributed by atoms with Crippen LogP contribution in [-0.2, 0) is 14.3 Å². The molecule has 1 fully saturated rings. The van der Waals surface area contributed by atoms with Gasteiger partial charge in [0, 0.05) is 13.0 Å². The van der Waals surface area contributed by atoms with Gasteiger partial charge in [-0.1, -0.05) is 44.9 Å². The van der Waals surface area contributed by atoms with Crippen molar-refractivity contribution >= 4 is 12.1 Å². The van der Waals surface area contributed by atoms with Crippen molar-refractivity contribution in [2.24, 2.45) is 0 Å². The molecule has 0 aromatic heterocycles. The topological polar surface area (TPSA) is 55.8 Å². The quantitative estimate of drug-likeness (QED) is 0.258. The molecule has 0 radical (unpaired) electrons. The fraction of sp³-hybridized carbons (Fsp3) is 0.800. The minimum atomic E-state index is -0.741. The van der Waals surface area contributed by atoms with Crippen LogP contribution in [0.4, 0.5) is 4.79 Å². The zero-order chi connectivity index (χ0) is 19.4. The average molecular weight is 368 g/mol. The summed E-state index contributed by atoms with van der Waals surface area (Å²) < 4.78 is 11.0. The zero-order valence-electron chi connectivity index (χ0n) is 16.9. The first-order valence-corrected chi connectivity index (χ1v) is 9.72. The molecule has 1 heterocycles. The van der Waals surface area contributed by atoms with Crippen molar-refractivity contribution in [3.05, 3.63) is 0 Å². The van der Waals surface area contributed by atoms with Crippen LogP contribution in [0.2, 0.25) is 0 Å². The molecule has 1 rings (SSSR count). The minimum absolute atomic E-state index is 0.180. The van der Waals surface area contributed by atoms with Gasteiger partial charge in [0.15, 0.2) is 6.10 Å². The Balaban J connectivity index is 2.19. The van der Waals surface area contributed by atoms with E-state index in [1.807, 2.05) is 0 Å². The molecule has 6 nitrogen and oxygen atoms in total. The van der Waals surface area contributed by atoms with E-state index in [4.69, 9.17) is 9.47 Å². The molecule has 1 aliphatic rings. The lowest BCUT2D eigenvalue weighted by Gasteiger charge is -2.20. The smallest absolute Gasteiger partial charge is 0.434 e. The SMILES string of the molecule is CCCCCCCCOC(=O)O[C@@H]1CCN(CC#CC[N+](C)(C)C)C1=O. The van der Waals surface area contributed by atoms with Crippen molar-refractivity contribution in [1.82, 2.24) is 4.90 Å². The highest BCUT2D eigenvalue weighted by atomic mass is 16.7. The highest BCUT2D eigenvalue weighted by Crippen LogP contribution is 2.15. The lowest BCUT2D eigenvalue weighted by atomic mass is 10.1. The molecule has 1 amide bonds. The second-order valence-electron chi connectivity index (χ2n) is 7.82. The number of carbonyl (C=O) groups excluding carboxylic acids is 2. The van der Waals surface area contributed by atoms with Crippen molar-refractivity contribution in [2.45, 2.75) is 58.0 Å². The Hall–Kier alpha value is -1.74. The number of likely N-dealkylation sites (tertiary alicyclic amines) is 1. The van der Waals surface area contributed by atoms with E-state index in [2.05, 4.69) is 39.9 Å². The normalized spacial score (nSPS) is 17.0. The second kappa shape index (κ2) is 11.8. The van der Waals surface area contributed by atoms with E-state index in [0.29, 0.717) is 26.1 Å². The Labute approximate surface area is 158 Å². The van der Waals surface area contributed by atoms with E-state index in [9.17, 15) is 9.59 Å². The fourth-order valence-corrected chi connectivity index (χ4v) is 2.61. The predicted octanol–water partition coefficient (Wildman–Crippen LogP) is 2.81. The Kier molecular flexibility index (Phi) is 10.1. The number of carbonyl (C=O) groups is 2. The molecule has 0 aromatic carbocycles.